The first-order valence-electron chi connectivity index (χ1n) is 4.54. The van der Waals surface area contributed by atoms with Gasteiger partial charge in [0.15, 0.2) is 0 Å². The molecule has 0 bridgehead atoms. The number of rotatable bonds is 6. The lowest BCUT2D eigenvalue weighted by Crippen LogP contribution is -2.05. The van der Waals surface area contributed by atoms with Crippen molar-refractivity contribution in [3.05, 3.63) is 23.7 Å². The monoisotopic (exact) mass is 249 g/mol. The summed E-state index contributed by atoms with van der Waals surface area (Å²) in [5, 5.41) is 0. The maximum Gasteiger partial charge on any atom is 0.148 e. The summed E-state index contributed by atoms with van der Waals surface area (Å²) in [5.74, 6) is 3.09. The van der Waals surface area contributed by atoms with Crippen LogP contribution in [-0.2, 0) is 22.1 Å². The van der Waals surface area contributed by atoms with Crippen molar-refractivity contribution in [2.45, 2.75) is 12.3 Å². The smallest absolute Gasteiger partial charge is 0.148 e. The number of hydrogen-bond donors (Lipinski definition) is 1. The van der Waals surface area contributed by atoms with Gasteiger partial charge in [-0.3, -0.25) is 0 Å². The molecule has 0 atom stereocenters. The number of thioether (sulfide) groups is 1. The van der Waals surface area contributed by atoms with E-state index >= 15 is 0 Å². The van der Waals surface area contributed by atoms with Crippen LogP contribution >= 0.6 is 11.8 Å². The molecule has 0 unspecified atom stereocenters. The molecule has 1 aromatic heterocycles. The van der Waals surface area contributed by atoms with Gasteiger partial charge < -0.3 is 10.2 Å². The summed E-state index contributed by atoms with van der Waals surface area (Å²) in [6.45, 7) is 0.397. The normalized spacial score (nSPS) is 11.9. The highest BCUT2D eigenvalue weighted by Gasteiger charge is 2.04. The van der Waals surface area contributed by atoms with E-state index in [0.29, 0.717) is 18.1 Å². The molecule has 86 valence electrons. The van der Waals surface area contributed by atoms with E-state index in [4.69, 9.17) is 10.2 Å². The van der Waals surface area contributed by atoms with Crippen LogP contribution in [0.25, 0.3) is 0 Å². The Balaban J connectivity index is 2.26. The molecule has 6 heteroatoms. The van der Waals surface area contributed by atoms with Crippen molar-refractivity contribution < 1.29 is 12.8 Å². The highest BCUT2D eigenvalue weighted by Crippen LogP contribution is 2.15. The second-order valence-corrected chi connectivity index (χ2v) is 6.62. The molecular formula is C9H15NO3S2. The third-order valence-corrected chi connectivity index (χ3v) is 3.95. The molecule has 0 saturated carbocycles. The van der Waals surface area contributed by atoms with Gasteiger partial charge in [0.1, 0.15) is 21.4 Å². The van der Waals surface area contributed by atoms with Crippen LogP contribution in [0.2, 0.25) is 0 Å². The van der Waals surface area contributed by atoms with E-state index in [-0.39, 0.29) is 5.75 Å². The lowest BCUT2D eigenvalue weighted by molar-refractivity contribution is 0.482. The van der Waals surface area contributed by atoms with E-state index in [2.05, 4.69) is 0 Å². The summed E-state index contributed by atoms with van der Waals surface area (Å²) < 4.78 is 27.0. The summed E-state index contributed by atoms with van der Waals surface area (Å²) in [7, 11) is -2.85. The number of nitrogens with two attached hydrogens (primary N) is 1. The fourth-order valence-corrected chi connectivity index (χ4v) is 3.18. The van der Waals surface area contributed by atoms with Crippen molar-refractivity contribution in [3.63, 3.8) is 0 Å². The molecule has 1 heterocycles. The zero-order valence-corrected chi connectivity index (χ0v) is 10.2. The number of hydrogen-bond acceptors (Lipinski definition) is 5. The number of furan rings is 1. The van der Waals surface area contributed by atoms with E-state index < -0.39 is 9.84 Å². The van der Waals surface area contributed by atoms with E-state index in [1.165, 1.54) is 6.26 Å². The average Bonchev–Trinajstić information content (AvgIpc) is 2.59. The molecule has 0 saturated heterocycles. The van der Waals surface area contributed by atoms with E-state index in [1.54, 1.807) is 11.8 Å². The molecule has 0 radical (unpaired) electrons. The third-order valence-electron chi connectivity index (χ3n) is 1.76. The zero-order chi connectivity index (χ0) is 11.3. The van der Waals surface area contributed by atoms with Crippen LogP contribution in [0.3, 0.4) is 0 Å². The van der Waals surface area contributed by atoms with Crippen LogP contribution in [-0.4, -0.2) is 26.2 Å². The Morgan fingerprint density at radius 2 is 2.07 bits per heavy atom. The van der Waals surface area contributed by atoms with Crippen LogP contribution in [0.1, 0.15) is 11.5 Å². The van der Waals surface area contributed by atoms with Crippen LogP contribution in [0, 0.1) is 0 Å². The number of sulfone groups is 1. The van der Waals surface area contributed by atoms with Gasteiger partial charge in [0.2, 0.25) is 0 Å². The predicted octanol–water partition coefficient (Wildman–Crippen LogP) is 1.02. The highest BCUT2D eigenvalue weighted by molar-refractivity contribution is 7.99. The van der Waals surface area contributed by atoms with Crippen molar-refractivity contribution in [1.29, 1.82) is 0 Å². The van der Waals surface area contributed by atoms with Crippen molar-refractivity contribution >= 4 is 21.6 Å². The molecule has 0 spiro atoms. The van der Waals surface area contributed by atoms with E-state index in [9.17, 15) is 8.42 Å². The first kappa shape index (κ1) is 12.6. The second-order valence-electron chi connectivity index (χ2n) is 3.25. The molecular weight excluding hydrogens is 234 g/mol. The molecule has 4 nitrogen and oxygen atoms in total. The van der Waals surface area contributed by atoms with Crippen LogP contribution in [0.5, 0.6) is 0 Å². The van der Waals surface area contributed by atoms with Gasteiger partial charge in [0.05, 0.1) is 18.1 Å². The SMILES string of the molecule is CS(=O)(=O)CCSCc1ccc(CN)o1. The minimum Gasteiger partial charge on any atom is -0.464 e. The summed E-state index contributed by atoms with van der Waals surface area (Å²) in [6, 6.07) is 3.71. The standard InChI is InChI=1S/C9H15NO3S2/c1-15(11,12)5-4-14-7-9-3-2-8(6-10)13-9/h2-3H,4-7,10H2,1H3. The van der Waals surface area contributed by atoms with E-state index in [1.807, 2.05) is 12.1 Å². The molecule has 0 aliphatic rings. The fourth-order valence-electron chi connectivity index (χ4n) is 0.993. The lowest BCUT2D eigenvalue weighted by atomic mass is 10.4. The Morgan fingerprint density at radius 3 is 2.60 bits per heavy atom. The molecule has 2 N–H and O–H groups in total. The maximum atomic E-state index is 10.8. The molecule has 0 fully saturated rings. The van der Waals surface area contributed by atoms with Crippen molar-refractivity contribution in [2.75, 3.05) is 17.8 Å². The molecule has 0 amide bonds. The van der Waals surface area contributed by atoms with Crippen molar-refractivity contribution in [3.8, 4) is 0 Å². The fraction of sp³-hybridized carbons (Fsp3) is 0.556. The van der Waals surface area contributed by atoms with Gasteiger partial charge in [-0.05, 0) is 12.1 Å². The third kappa shape index (κ3) is 5.25. The minimum atomic E-state index is -2.85. The van der Waals surface area contributed by atoms with Gasteiger partial charge in [0, 0.05) is 12.0 Å². The van der Waals surface area contributed by atoms with Gasteiger partial charge in [-0.15, -0.1) is 0 Å². The topological polar surface area (TPSA) is 73.3 Å². The van der Waals surface area contributed by atoms with E-state index in [0.717, 1.165) is 11.5 Å². The van der Waals surface area contributed by atoms with Gasteiger partial charge in [-0.2, -0.15) is 11.8 Å². The Bertz CT molecular complexity index is 397. The van der Waals surface area contributed by atoms with Gasteiger partial charge in [-0.25, -0.2) is 8.42 Å². The predicted molar refractivity (Wildman–Crippen MR) is 62.5 cm³/mol. The zero-order valence-electron chi connectivity index (χ0n) is 8.60. The second kappa shape index (κ2) is 5.58. The van der Waals surface area contributed by atoms with Gasteiger partial charge >= 0.3 is 0 Å². The Hall–Kier alpha value is -0.460. The Labute approximate surface area is 94.1 Å². The lowest BCUT2D eigenvalue weighted by Gasteiger charge is -1.98. The van der Waals surface area contributed by atoms with Crippen LogP contribution in [0.4, 0.5) is 0 Å². The summed E-state index contributed by atoms with van der Waals surface area (Å²) in [4.78, 5) is 0. The van der Waals surface area contributed by atoms with Crippen LogP contribution in [0.15, 0.2) is 16.5 Å². The van der Waals surface area contributed by atoms with Gasteiger partial charge in [0.25, 0.3) is 0 Å². The van der Waals surface area contributed by atoms with Crippen molar-refractivity contribution in [1.82, 2.24) is 0 Å². The summed E-state index contributed by atoms with van der Waals surface area (Å²) in [5.41, 5.74) is 5.40. The molecule has 1 aromatic rings. The highest BCUT2D eigenvalue weighted by atomic mass is 32.2. The minimum absolute atomic E-state index is 0.210. The summed E-state index contributed by atoms with van der Waals surface area (Å²) in [6.07, 6.45) is 1.24. The average molecular weight is 249 g/mol. The molecule has 0 aliphatic heterocycles. The molecule has 15 heavy (non-hydrogen) atoms. The van der Waals surface area contributed by atoms with Crippen LogP contribution < -0.4 is 5.73 Å². The quantitative estimate of drug-likeness (QED) is 0.762. The Morgan fingerprint density at radius 1 is 1.40 bits per heavy atom. The first-order chi connectivity index (χ1) is 7.01. The molecule has 0 aromatic carbocycles. The van der Waals surface area contributed by atoms with Crippen molar-refractivity contribution in [2.24, 2.45) is 5.73 Å². The molecule has 0 aliphatic carbocycles. The first-order valence-corrected chi connectivity index (χ1v) is 7.76. The van der Waals surface area contributed by atoms with Gasteiger partial charge in [-0.1, -0.05) is 0 Å². The largest absolute Gasteiger partial charge is 0.464 e. The summed E-state index contributed by atoms with van der Waals surface area (Å²) >= 11 is 1.54. The Kier molecular flexibility index (Phi) is 4.69. The molecule has 1 rings (SSSR count). The maximum absolute atomic E-state index is 10.8.